The molecule has 112 valence electrons. The number of nitrogens with zero attached hydrogens (tertiary/aromatic N) is 2. The smallest absolute Gasteiger partial charge is 0.115 e. The lowest BCUT2D eigenvalue weighted by molar-refractivity contribution is 0.475. The molecule has 0 unspecified atom stereocenters. The van der Waals surface area contributed by atoms with Crippen LogP contribution >= 0.6 is 27.5 Å². The summed E-state index contributed by atoms with van der Waals surface area (Å²) in [4.78, 5) is 4.44. The van der Waals surface area contributed by atoms with Crippen molar-refractivity contribution in [2.24, 2.45) is 0 Å². The van der Waals surface area contributed by atoms with Crippen molar-refractivity contribution in [2.75, 3.05) is 0 Å². The average molecular weight is 378 g/mol. The van der Waals surface area contributed by atoms with E-state index in [1.165, 1.54) is 0 Å². The highest BCUT2D eigenvalue weighted by molar-refractivity contribution is 9.10. The van der Waals surface area contributed by atoms with Gasteiger partial charge in [0, 0.05) is 34.9 Å². The van der Waals surface area contributed by atoms with Gasteiger partial charge in [-0.15, -0.1) is 0 Å². The molecule has 0 spiro atoms. The second kappa shape index (κ2) is 6.55. The third kappa shape index (κ3) is 3.70. The Kier molecular flexibility index (Phi) is 4.50. The quantitative estimate of drug-likeness (QED) is 0.719. The molecule has 0 radical (unpaired) electrons. The van der Waals surface area contributed by atoms with Crippen molar-refractivity contribution in [1.29, 1.82) is 0 Å². The first-order valence-corrected chi connectivity index (χ1v) is 8.00. The molecule has 0 aliphatic heterocycles. The summed E-state index contributed by atoms with van der Waals surface area (Å²) in [7, 11) is 0. The summed E-state index contributed by atoms with van der Waals surface area (Å²) in [5.41, 5.74) is 2.22. The molecule has 0 aliphatic rings. The number of phenolic OH excluding ortho intramolecular Hbond substituents is 1. The molecule has 3 rings (SSSR count). The van der Waals surface area contributed by atoms with Crippen molar-refractivity contribution in [3.63, 3.8) is 0 Å². The van der Waals surface area contributed by atoms with Crippen molar-refractivity contribution in [3.05, 3.63) is 81.3 Å². The number of aromatic nitrogens is 2. The van der Waals surface area contributed by atoms with Crippen molar-refractivity contribution in [2.45, 2.75) is 13.0 Å². The van der Waals surface area contributed by atoms with Crippen LogP contribution in [0.15, 0.2) is 59.3 Å². The van der Waals surface area contributed by atoms with Gasteiger partial charge < -0.3 is 9.67 Å². The number of hydrogen-bond donors (Lipinski definition) is 1. The third-order valence-corrected chi connectivity index (χ3v) is 4.05. The summed E-state index contributed by atoms with van der Waals surface area (Å²) in [6.45, 7) is 0.720. The van der Waals surface area contributed by atoms with Crippen LogP contribution in [0.3, 0.4) is 0 Å². The summed E-state index contributed by atoms with van der Waals surface area (Å²) in [6.07, 6.45) is 4.47. The van der Waals surface area contributed by atoms with E-state index in [0.29, 0.717) is 11.4 Å². The Morgan fingerprint density at radius 2 is 1.86 bits per heavy atom. The van der Waals surface area contributed by atoms with Gasteiger partial charge in [-0.1, -0.05) is 39.7 Å². The second-order valence-electron chi connectivity index (χ2n) is 5.09. The topological polar surface area (TPSA) is 38.0 Å². The van der Waals surface area contributed by atoms with Crippen molar-refractivity contribution < 1.29 is 5.11 Å². The molecular weight excluding hydrogens is 364 g/mol. The van der Waals surface area contributed by atoms with E-state index in [2.05, 4.69) is 25.5 Å². The zero-order valence-electron chi connectivity index (χ0n) is 11.7. The number of benzene rings is 2. The predicted molar refractivity (Wildman–Crippen MR) is 91.4 cm³/mol. The monoisotopic (exact) mass is 376 g/mol. The van der Waals surface area contributed by atoms with Crippen LogP contribution in [0.4, 0.5) is 0 Å². The fourth-order valence-corrected chi connectivity index (χ4v) is 3.27. The first kappa shape index (κ1) is 15.1. The van der Waals surface area contributed by atoms with Crippen LogP contribution in [0, 0.1) is 0 Å². The standard InChI is InChI=1S/C17H14BrClN2O/c18-14-7-13(8-15(19)10-14)9-17-20-5-6-21(17)11-12-1-3-16(22)4-2-12/h1-8,10,22H,9,11H2. The van der Waals surface area contributed by atoms with E-state index < -0.39 is 0 Å². The Bertz CT molecular complexity index is 763. The van der Waals surface area contributed by atoms with E-state index in [1.54, 1.807) is 18.3 Å². The van der Waals surface area contributed by atoms with Gasteiger partial charge in [0.05, 0.1) is 0 Å². The highest BCUT2D eigenvalue weighted by atomic mass is 79.9. The zero-order valence-corrected chi connectivity index (χ0v) is 14.0. The number of imidazole rings is 1. The van der Waals surface area contributed by atoms with E-state index in [9.17, 15) is 5.11 Å². The Labute approximate surface area is 142 Å². The fraction of sp³-hybridized carbons (Fsp3) is 0.118. The van der Waals surface area contributed by atoms with Crippen LogP contribution in [0.1, 0.15) is 17.0 Å². The van der Waals surface area contributed by atoms with Crippen LogP contribution in [-0.2, 0) is 13.0 Å². The SMILES string of the molecule is Oc1ccc(Cn2ccnc2Cc2cc(Cl)cc(Br)c2)cc1. The van der Waals surface area contributed by atoms with Gasteiger partial charge in [-0.05, 0) is 41.5 Å². The van der Waals surface area contributed by atoms with Gasteiger partial charge in [-0.2, -0.15) is 0 Å². The fourth-order valence-electron chi connectivity index (χ4n) is 2.34. The largest absolute Gasteiger partial charge is 0.508 e. The molecule has 1 heterocycles. The number of rotatable bonds is 4. The summed E-state index contributed by atoms with van der Waals surface area (Å²) < 4.78 is 3.06. The first-order valence-electron chi connectivity index (χ1n) is 6.83. The molecule has 1 aromatic heterocycles. The molecule has 1 N–H and O–H groups in total. The Hall–Kier alpha value is -1.78. The molecular formula is C17H14BrClN2O. The molecule has 2 aromatic carbocycles. The average Bonchev–Trinajstić information content (AvgIpc) is 2.87. The number of hydrogen-bond acceptors (Lipinski definition) is 2. The Balaban J connectivity index is 1.81. The summed E-state index contributed by atoms with van der Waals surface area (Å²) >= 11 is 9.55. The van der Waals surface area contributed by atoms with E-state index in [-0.39, 0.29) is 5.75 Å². The summed E-state index contributed by atoms with van der Waals surface area (Å²) in [5.74, 6) is 1.25. The molecule has 3 nitrogen and oxygen atoms in total. The lowest BCUT2D eigenvalue weighted by Crippen LogP contribution is -2.05. The molecule has 0 fully saturated rings. The highest BCUT2D eigenvalue weighted by Gasteiger charge is 2.07. The predicted octanol–water partition coefficient (Wildman–Crippen LogP) is 4.64. The van der Waals surface area contributed by atoms with Crippen LogP contribution < -0.4 is 0 Å². The van der Waals surface area contributed by atoms with Crippen molar-refractivity contribution >= 4 is 27.5 Å². The molecule has 5 heteroatoms. The number of halogens is 2. The minimum Gasteiger partial charge on any atom is -0.508 e. The number of aromatic hydroxyl groups is 1. The van der Waals surface area contributed by atoms with Gasteiger partial charge in [-0.25, -0.2) is 4.98 Å². The van der Waals surface area contributed by atoms with Gasteiger partial charge in [0.15, 0.2) is 0 Å². The zero-order chi connectivity index (χ0) is 15.5. The molecule has 0 saturated carbocycles. The third-order valence-electron chi connectivity index (χ3n) is 3.38. The maximum atomic E-state index is 9.35. The molecule has 0 bridgehead atoms. The maximum absolute atomic E-state index is 9.35. The van der Waals surface area contributed by atoms with Crippen molar-refractivity contribution in [3.8, 4) is 5.75 Å². The lowest BCUT2D eigenvalue weighted by atomic mass is 10.1. The molecule has 0 amide bonds. The van der Waals surface area contributed by atoms with Gasteiger partial charge in [-0.3, -0.25) is 0 Å². The van der Waals surface area contributed by atoms with Gasteiger partial charge >= 0.3 is 0 Å². The normalized spacial score (nSPS) is 10.8. The first-order chi connectivity index (χ1) is 10.6. The second-order valence-corrected chi connectivity index (χ2v) is 6.44. The summed E-state index contributed by atoms with van der Waals surface area (Å²) in [5, 5.41) is 10.1. The minimum absolute atomic E-state index is 0.276. The van der Waals surface area contributed by atoms with Gasteiger partial charge in [0.1, 0.15) is 11.6 Å². The molecule has 22 heavy (non-hydrogen) atoms. The maximum Gasteiger partial charge on any atom is 0.115 e. The van der Waals surface area contributed by atoms with Crippen LogP contribution in [0.5, 0.6) is 5.75 Å². The van der Waals surface area contributed by atoms with Gasteiger partial charge in [0.25, 0.3) is 0 Å². The highest BCUT2D eigenvalue weighted by Crippen LogP contribution is 2.21. The Morgan fingerprint density at radius 1 is 1.09 bits per heavy atom. The minimum atomic E-state index is 0.276. The van der Waals surface area contributed by atoms with Crippen LogP contribution in [-0.4, -0.2) is 14.7 Å². The van der Waals surface area contributed by atoms with E-state index in [4.69, 9.17) is 11.6 Å². The summed E-state index contributed by atoms with van der Waals surface area (Å²) in [6, 6.07) is 13.1. The van der Waals surface area contributed by atoms with Gasteiger partial charge in [0.2, 0.25) is 0 Å². The molecule has 0 atom stereocenters. The van der Waals surface area contributed by atoms with Crippen molar-refractivity contribution in [1.82, 2.24) is 9.55 Å². The molecule has 0 aliphatic carbocycles. The van der Waals surface area contributed by atoms with E-state index >= 15 is 0 Å². The van der Waals surface area contributed by atoms with E-state index in [0.717, 1.165) is 28.0 Å². The van der Waals surface area contributed by atoms with E-state index in [1.807, 2.05) is 36.5 Å². The number of phenols is 1. The van der Waals surface area contributed by atoms with Crippen LogP contribution in [0.2, 0.25) is 5.02 Å². The lowest BCUT2D eigenvalue weighted by Gasteiger charge is -2.09. The molecule has 3 aromatic rings. The Morgan fingerprint density at radius 3 is 2.59 bits per heavy atom. The van der Waals surface area contributed by atoms with Crippen LogP contribution in [0.25, 0.3) is 0 Å². The molecule has 0 saturated heterocycles.